The Labute approximate surface area is 186 Å². The highest BCUT2D eigenvalue weighted by molar-refractivity contribution is 8.00. The van der Waals surface area contributed by atoms with E-state index in [1.54, 1.807) is 0 Å². The first-order chi connectivity index (χ1) is 14.5. The summed E-state index contributed by atoms with van der Waals surface area (Å²) in [7, 11) is 0. The fourth-order valence-electron chi connectivity index (χ4n) is 4.26. The summed E-state index contributed by atoms with van der Waals surface area (Å²) in [4.78, 5) is 22.0. The smallest absolute Gasteiger partial charge is 0.313 e. The maximum atomic E-state index is 11.0. The number of aliphatic hydroxyl groups excluding tert-OH is 1. The minimum atomic E-state index is -0.908. The number of unbranched alkanes of at least 4 members (excludes halogenated alkanes) is 11. The second-order valence-corrected chi connectivity index (χ2v) is 9.75. The predicted molar refractivity (Wildman–Crippen MR) is 124 cm³/mol. The van der Waals surface area contributed by atoms with Crippen LogP contribution in [0, 0.1) is 5.92 Å². The second-order valence-electron chi connectivity index (χ2n) is 8.62. The fourth-order valence-corrected chi connectivity index (χ4v) is 5.43. The lowest BCUT2D eigenvalue weighted by Crippen LogP contribution is -2.38. The Morgan fingerprint density at radius 2 is 1.50 bits per heavy atom. The number of thioether (sulfide) groups is 1. The zero-order valence-corrected chi connectivity index (χ0v) is 19.5. The van der Waals surface area contributed by atoms with Gasteiger partial charge in [-0.1, -0.05) is 82.8 Å². The van der Waals surface area contributed by atoms with E-state index in [0.717, 1.165) is 24.8 Å². The molecule has 1 aliphatic rings. The van der Waals surface area contributed by atoms with Crippen molar-refractivity contribution in [2.75, 3.05) is 5.75 Å². The Balaban J connectivity index is 2.30. The number of rotatable bonds is 17. The van der Waals surface area contributed by atoms with E-state index in [-0.39, 0.29) is 23.3 Å². The van der Waals surface area contributed by atoms with Crippen LogP contribution in [0.25, 0.3) is 0 Å². The molecule has 1 saturated carbocycles. The molecule has 6 heteroatoms. The fraction of sp³-hybridized carbons (Fsp3) is 0.833. The van der Waals surface area contributed by atoms with Gasteiger partial charge in [-0.05, 0) is 31.6 Å². The van der Waals surface area contributed by atoms with E-state index in [9.17, 15) is 14.7 Å². The highest BCUT2D eigenvalue weighted by atomic mass is 32.2. The van der Waals surface area contributed by atoms with Crippen LogP contribution < -0.4 is 0 Å². The van der Waals surface area contributed by atoms with Gasteiger partial charge in [0.15, 0.2) is 0 Å². The third kappa shape index (κ3) is 12.0. The van der Waals surface area contributed by atoms with Gasteiger partial charge in [-0.3, -0.25) is 9.59 Å². The molecule has 0 spiro atoms. The van der Waals surface area contributed by atoms with E-state index in [4.69, 9.17) is 10.2 Å². The number of hydrogen-bond donors (Lipinski definition) is 3. The van der Waals surface area contributed by atoms with Crippen LogP contribution in [0.4, 0.5) is 0 Å². The van der Waals surface area contributed by atoms with Gasteiger partial charge in [0.25, 0.3) is 0 Å². The van der Waals surface area contributed by atoms with E-state index < -0.39 is 18.0 Å². The molecule has 1 aliphatic carbocycles. The van der Waals surface area contributed by atoms with Gasteiger partial charge >= 0.3 is 11.9 Å². The lowest BCUT2D eigenvalue weighted by molar-refractivity contribution is -0.139. The molecule has 0 heterocycles. The molecule has 0 saturated heterocycles. The Kier molecular flexibility index (Phi) is 15.0. The highest BCUT2D eigenvalue weighted by Gasteiger charge is 2.36. The molecular formula is C24H42O5S. The number of carboxylic acids is 2. The van der Waals surface area contributed by atoms with Crippen LogP contribution in [-0.4, -0.2) is 44.4 Å². The first-order valence-electron chi connectivity index (χ1n) is 11.9. The van der Waals surface area contributed by atoms with Crippen molar-refractivity contribution in [3.8, 4) is 0 Å². The quantitative estimate of drug-likeness (QED) is 0.188. The van der Waals surface area contributed by atoms with Gasteiger partial charge in [-0.15, -0.1) is 11.8 Å². The van der Waals surface area contributed by atoms with Crippen molar-refractivity contribution in [2.45, 2.75) is 115 Å². The van der Waals surface area contributed by atoms with E-state index in [1.165, 1.54) is 76.0 Å². The molecule has 3 N–H and O–H groups in total. The van der Waals surface area contributed by atoms with Gasteiger partial charge in [-0.25, -0.2) is 0 Å². The normalized spacial score (nSPS) is 23.0. The number of aliphatic hydroxyl groups is 1. The molecule has 0 amide bonds. The van der Waals surface area contributed by atoms with Crippen LogP contribution >= 0.6 is 11.8 Å². The van der Waals surface area contributed by atoms with E-state index >= 15 is 0 Å². The molecule has 0 radical (unpaired) electrons. The molecule has 0 aromatic heterocycles. The average molecular weight is 443 g/mol. The molecule has 3 atom stereocenters. The van der Waals surface area contributed by atoms with Crippen LogP contribution in [-0.2, 0) is 9.59 Å². The predicted octanol–water partition coefficient (Wildman–Crippen LogP) is 6.05. The summed E-state index contributed by atoms with van der Waals surface area (Å²) in [5.74, 6) is -2.18. The summed E-state index contributed by atoms with van der Waals surface area (Å²) < 4.78 is 0. The molecule has 0 aliphatic heterocycles. The van der Waals surface area contributed by atoms with Crippen molar-refractivity contribution in [3.63, 3.8) is 0 Å². The molecule has 174 valence electrons. The molecule has 1 fully saturated rings. The van der Waals surface area contributed by atoms with Gasteiger partial charge in [0.1, 0.15) is 0 Å². The number of carboxylic acid groups (broad SMARTS) is 2. The maximum absolute atomic E-state index is 11.0. The molecule has 0 aromatic rings. The first-order valence-corrected chi connectivity index (χ1v) is 12.9. The number of hydrogen-bond acceptors (Lipinski definition) is 4. The molecule has 0 bridgehead atoms. The summed E-state index contributed by atoms with van der Waals surface area (Å²) >= 11 is 1.23. The van der Waals surface area contributed by atoms with Gasteiger partial charge < -0.3 is 15.3 Å². The van der Waals surface area contributed by atoms with E-state index in [2.05, 4.69) is 13.0 Å². The van der Waals surface area contributed by atoms with Crippen molar-refractivity contribution in [3.05, 3.63) is 11.6 Å². The zero-order valence-electron chi connectivity index (χ0n) is 18.7. The van der Waals surface area contributed by atoms with E-state index in [1.807, 2.05) is 0 Å². The zero-order chi connectivity index (χ0) is 22.2. The number of allylic oxidation sites excluding steroid dienone is 1. The minimum Gasteiger partial charge on any atom is -0.481 e. The summed E-state index contributed by atoms with van der Waals surface area (Å²) in [5.41, 5.74) is 1.10. The molecular weight excluding hydrogens is 400 g/mol. The van der Waals surface area contributed by atoms with E-state index in [0.29, 0.717) is 6.42 Å². The molecule has 30 heavy (non-hydrogen) atoms. The summed E-state index contributed by atoms with van der Waals surface area (Å²) in [6, 6.07) is 0. The lowest BCUT2D eigenvalue weighted by Gasteiger charge is -2.36. The SMILES string of the molecule is CCCCCCCCCCCCCC=C1CC[C@@H](CC(=O)O)[C@@H](O)[C@H]1SCC(=O)O. The van der Waals surface area contributed by atoms with Gasteiger partial charge in [0.05, 0.1) is 23.5 Å². The Bertz CT molecular complexity index is 520. The monoisotopic (exact) mass is 442 g/mol. The summed E-state index contributed by atoms with van der Waals surface area (Å²) in [6.45, 7) is 2.25. The maximum Gasteiger partial charge on any atom is 0.313 e. The number of aliphatic carboxylic acids is 2. The minimum absolute atomic E-state index is 0.0584. The number of carbonyl (C=O) groups is 2. The van der Waals surface area contributed by atoms with Crippen molar-refractivity contribution in [1.29, 1.82) is 0 Å². The standard InChI is InChI=1S/C24H42O5S/c1-2-3-4-5-6-7-8-9-10-11-12-13-14-19-15-16-20(17-21(25)26)23(29)24(19)30-18-22(27)28/h14,20,23-24,29H,2-13,15-18H2,1H3,(H,25,26)(H,27,28)/t20-,23+,24-/m0/s1. The van der Waals surface area contributed by atoms with Crippen molar-refractivity contribution >= 4 is 23.7 Å². The Morgan fingerprint density at radius 3 is 2.03 bits per heavy atom. The van der Waals surface area contributed by atoms with Gasteiger partial charge in [0.2, 0.25) is 0 Å². The van der Waals surface area contributed by atoms with Crippen molar-refractivity contribution in [2.24, 2.45) is 5.92 Å². The van der Waals surface area contributed by atoms with Crippen LogP contribution in [0.15, 0.2) is 11.6 Å². The van der Waals surface area contributed by atoms with Crippen LogP contribution in [0.1, 0.15) is 103 Å². The molecule has 1 rings (SSSR count). The van der Waals surface area contributed by atoms with Gasteiger partial charge in [0, 0.05) is 0 Å². The largest absolute Gasteiger partial charge is 0.481 e. The van der Waals surface area contributed by atoms with Gasteiger partial charge in [-0.2, -0.15) is 0 Å². The highest BCUT2D eigenvalue weighted by Crippen LogP contribution is 2.38. The second kappa shape index (κ2) is 16.7. The first kappa shape index (κ1) is 27.0. The Morgan fingerprint density at radius 1 is 0.933 bits per heavy atom. The van der Waals surface area contributed by atoms with Crippen molar-refractivity contribution < 1.29 is 24.9 Å². The topological polar surface area (TPSA) is 94.8 Å². The average Bonchev–Trinajstić information content (AvgIpc) is 2.69. The van der Waals surface area contributed by atoms with Crippen LogP contribution in [0.5, 0.6) is 0 Å². The summed E-state index contributed by atoms with van der Waals surface area (Å²) in [6.07, 6.45) is 18.0. The lowest BCUT2D eigenvalue weighted by atomic mass is 9.80. The van der Waals surface area contributed by atoms with Crippen molar-refractivity contribution in [1.82, 2.24) is 0 Å². The Hall–Kier alpha value is -1.01. The molecule has 0 unspecified atom stereocenters. The van der Waals surface area contributed by atoms with Crippen LogP contribution in [0.3, 0.4) is 0 Å². The summed E-state index contributed by atoms with van der Waals surface area (Å²) in [5, 5.41) is 28.4. The third-order valence-corrected chi connectivity index (χ3v) is 7.35. The van der Waals surface area contributed by atoms with Crippen LogP contribution in [0.2, 0.25) is 0 Å². The molecule has 5 nitrogen and oxygen atoms in total. The molecule has 0 aromatic carbocycles. The third-order valence-electron chi connectivity index (χ3n) is 6.00.